The highest BCUT2D eigenvalue weighted by Gasteiger charge is 2.46. The van der Waals surface area contributed by atoms with Gasteiger partial charge in [0.15, 0.2) is 0 Å². The van der Waals surface area contributed by atoms with Crippen molar-refractivity contribution in [2.24, 2.45) is 13.0 Å². The Labute approximate surface area is 217 Å². The number of nitriles is 1. The minimum absolute atomic E-state index is 0.0228. The maximum Gasteiger partial charge on any atom is 0.331 e. The van der Waals surface area contributed by atoms with Crippen LogP contribution in [0.4, 0.5) is 0 Å². The van der Waals surface area contributed by atoms with Crippen molar-refractivity contribution in [3.05, 3.63) is 39.0 Å². The summed E-state index contributed by atoms with van der Waals surface area (Å²) in [5.41, 5.74) is 2.39. The summed E-state index contributed by atoms with van der Waals surface area (Å²) in [4.78, 5) is 27.1. The first-order valence-electron chi connectivity index (χ1n) is 13.2. The van der Waals surface area contributed by atoms with E-state index in [0.717, 1.165) is 51.4 Å². The third-order valence-electron chi connectivity index (χ3n) is 8.53. The Kier molecular flexibility index (Phi) is 6.81. The molecule has 1 aliphatic heterocycles. The molecule has 10 nitrogen and oxygen atoms in total. The smallest absolute Gasteiger partial charge is 0.296 e. The molecule has 2 heterocycles. The van der Waals surface area contributed by atoms with Gasteiger partial charge in [-0.15, -0.1) is 0 Å². The zero-order chi connectivity index (χ0) is 26.4. The summed E-state index contributed by atoms with van der Waals surface area (Å²) >= 11 is 0. The number of rotatable bonds is 6. The Morgan fingerprint density at radius 1 is 1.11 bits per heavy atom. The maximum atomic E-state index is 13.7. The lowest BCUT2D eigenvalue weighted by atomic mass is 9.76. The first-order chi connectivity index (χ1) is 17.6. The van der Waals surface area contributed by atoms with E-state index in [-0.39, 0.29) is 34.8 Å². The molecule has 1 saturated heterocycles. The van der Waals surface area contributed by atoms with Crippen molar-refractivity contribution in [3.8, 4) is 6.07 Å². The van der Waals surface area contributed by atoms with Crippen LogP contribution in [-0.4, -0.2) is 46.7 Å². The predicted molar refractivity (Wildman–Crippen MR) is 140 cm³/mol. The second-order valence-electron chi connectivity index (χ2n) is 11.4. The molecule has 1 atom stereocenters. The van der Waals surface area contributed by atoms with Gasteiger partial charge in [-0.05, 0) is 50.8 Å². The highest BCUT2D eigenvalue weighted by Crippen LogP contribution is 2.38. The number of nitrogens with zero attached hydrogens (tertiary/aromatic N) is 4. The number of hydrogen-bond donors (Lipinski definition) is 2. The molecule has 2 aliphatic carbocycles. The van der Waals surface area contributed by atoms with E-state index in [2.05, 4.69) is 16.2 Å². The lowest BCUT2D eigenvalue weighted by Crippen LogP contribution is -2.51. The molecular formula is C26H36N6O4S. The van der Waals surface area contributed by atoms with Crippen molar-refractivity contribution in [1.29, 1.82) is 5.26 Å². The van der Waals surface area contributed by atoms with E-state index in [1.807, 2.05) is 11.9 Å². The van der Waals surface area contributed by atoms with Gasteiger partial charge >= 0.3 is 5.69 Å². The Bertz CT molecular complexity index is 1460. The maximum absolute atomic E-state index is 13.7. The molecule has 2 saturated carbocycles. The van der Waals surface area contributed by atoms with Gasteiger partial charge in [-0.2, -0.15) is 5.26 Å². The molecule has 2 N–H and O–H groups in total. The molecule has 1 spiro atoms. The topological polar surface area (TPSA) is 129 Å². The van der Waals surface area contributed by atoms with Crippen LogP contribution in [-0.2, 0) is 23.6 Å². The molecule has 37 heavy (non-hydrogen) atoms. The fraction of sp³-hybridized carbons (Fsp3) is 0.654. The number of fused-ring (bicyclic) bond motifs is 1. The zero-order valence-corrected chi connectivity index (χ0v) is 22.4. The molecule has 11 heteroatoms. The predicted octanol–water partition coefficient (Wildman–Crippen LogP) is 1.97. The van der Waals surface area contributed by atoms with Crippen molar-refractivity contribution in [2.45, 2.75) is 87.2 Å². The first-order valence-corrected chi connectivity index (χ1v) is 14.7. The minimum Gasteiger partial charge on any atom is -0.296 e. The van der Waals surface area contributed by atoms with Gasteiger partial charge in [0.05, 0.1) is 21.9 Å². The summed E-state index contributed by atoms with van der Waals surface area (Å²) in [6.45, 7) is 2.87. The van der Waals surface area contributed by atoms with E-state index in [0.29, 0.717) is 12.1 Å². The molecule has 5 rings (SSSR count). The van der Waals surface area contributed by atoms with Crippen LogP contribution in [0.25, 0.3) is 10.9 Å². The van der Waals surface area contributed by atoms with E-state index in [9.17, 15) is 23.3 Å². The number of aryl methyl sites for hydroxylation is 1. The molecule has 0 bridgehead atoms. The van der Waals surface area contributed by atoms with Gasteiger partial charge in [0.2, 0.25) is 10.0 Å². The Morgan fingerprint density at radius 2 is 1.78 bits per heavy atom. The zero-order valence-electron chi connectivity index (χ0n) is 21.6. The SMILES string of the molecule is Cn1c(=O)n(CC2CN(CC#N)NC23CCCCCCC3)c(=O)c2cc(S(=O)(=O)NC3(C)CC3)ccc21. The van der Waals surface area contributed by atoms with Crippen molar-refractivity contribution < 1.29 is 8.42 Å². The van der Waals surface area contributed by atoms with Gasteiger partial charge in [0.1, 0.15) is 6.54 Å². The molecule has 1 aromatic heterocycles. The van der Waals surface area contributed by atoms with Crippen LogP contribution in [0.15, 0.2) is 32.7 Å². The van der Waals surface area contributed by atoms with Crippen LogP contribution in [0.3, 0.4) is 0 Å². The van der Waals surface area contributed by atoms with Crippen molar-refractivity contribution >= 4 is 20.9 Å². The fourth-order valence-corrected chi connectivity index (χ4v) is 7.58. The van der Waals surface area contributed by atoms with E-state index < -0.39 is 26.8 Å². The van der Waals surface area contributed by atoms with E-state index in [1.165, 1.54) is 33.8 Å². The molecule has 1 aromatic carbocycles. The standard InChI is InChI=1S/C26H36N6O4S/c1-25(12-13-25)29-37(35,36)20-8-9-22-21(16-20)23(33)32(24(34)30(22)2)18-19-17-31(15-14-27)28-26(19)10-6-4-3-5-7-11-26/h8-9,16,19,28-29H,3-7,10-13,15,17-18H2,1-2H3. The number of hydrazine groups is 1. The summed E-state index contributed by atoms with van der Waals surface area (Å²) in [6, 6.07) is 6.58. The molecule has 1 unspecified atom stereocenters. The Balaban J connectivity index is 1.55. The van der Waals surface area contributed by atoms with Crippen LogP contribution in [0.5, 0.6) is 0 Å². The quantitative estimate of drug-likeness (QED) is 0.549. The van der Waals surface area contributed by atoms with E-state index in [4.69, 9.17) is 0 Å². The highest BCUT2D eigenvalue weighted by molar-refractivity contribution is 7.89. The van der Waals surface area contributed by atoms with Crippen LogP contribution >= 0.6 is 0 Å². The molecule has 0 amide bonds. The van der Waals surface area contributed by atoms with Crippen molar-refractivity contribution in [2.75, 3.05) is 13.1 Å². The fourth-order valence-electron chi connectivity index (χ4n) is 6.09. The van der Waals surface area contributed by atoms with Gasteiger partial charge in [-0.1, -0.05) is 32.1 Å². The Hall–Kier alpha value is -2.52. The van der Waals surface area contributed by atoms with Gasteiger partial charge in [0.25, 0.3) is 5.56 Å². The van der Waals surface area contributed by atoms with Gasteiger partial charge in [0, 0.05) is 37.1 Å². The van der Waals surface area contributed by atoms with Crippen molar-refractivity contribution in [1.82, 2.24) is 24.3 Å². The first kappa shape index (κ1) is 26.1. The molecular weight excluding hydrogens is 492 g/mol. The van der Waals surface area contributed by atoms with Gasteiger partial charge in [-0.3, -0.25) is 13.9 Å². The third kappa shape index (κ3) is 5.00. The second-order valence-corrected chi connectivity index (χ2v) is 13.1. The number of hydrogen-bond acceptors (Lipinski definition) is 7. The average Bonchev–Trinajstić information content (AvgIpc) is 3.45. The van der Waals surface area contributed by atoms with Crippen LogP contribution in [0.2, 0.25) is 0 Å². The molecule has 0 radical (unpaired) electrons. The van der Waals surface area contributed by atoms with Crippen LogP contribution in [0, 0.1) is 17.2 Å². The molecule has 200 valence electrons. The van der Waals surface area contributed by atoms with Crippen molar-refractivity contribution in [3.63, 3.8) is 0 Å². The number of nitrogens with one attached hydrogen (secondary N) is 2. The van der Waals surface area contributed by atoms with Crippen LogP contribution < -0.4 is 21.4 Å². The monoisotopic (exact) mass is 528 g/mol. The largest absolute Gasteiger partial charge is 0.331 e. The van der Waals surface area contributed by atoms with Gasteiger partial charge < -0.3 is 0 Å². The highest BCUT2D eigenvalue weighted by atomic mass is 32.2. The second kappa shape index (κ2) is 9.66. The molecule has 3 aliphatic rings. The van der Waals surface area contributed by atoms with Crippen LogP contribution in [0.1, 0.15) is 64.7 Å². The number of aromatic nitrogens is 2. The summed E-state index contributed by atoms with van der Waals surface area (Å²) in [5, 5.41) is 11.4. The minimum atomic E-state index is -3.80. The lowest BCUT2D eigenvalue weighted by Gasteiger charge is -2.37. The number of benzene rings is 1. The Morgan fingerprint density at radius 3 is 2.43 bits per heavy atom. The van der Waals surface area contributed by atoms with E-state index in [1.54, 1.807) is 7.05 Å². The normalized spacial score (nSPS) is 23.5. The third-order valence-corrected chi connectivity index (χ3v) is 10.2. The summed E-state index contributed by atoms with van der Waals surface area (Å²) < 4.78 is 31.4. The summed E-state index contributed by atoms with van der Waals surface area (Å²) in [5.74, 6) is -0.0369. The summed E-state index contributed by atoms with van der Waals surface area (Å²) in [7, 11) is -2.19. The lowest BCUT2D eigenvalue weighted by molar-refractivity contribution is 0.160. The van der Waals surface area contributed by atoms with E-state index >= 15 is 0 Å². The number of sulfonamides is 1. The molecule has 3 fully saturated rings. The molecule has 2 aromatic rings. The average molecular weight is 529 g/mol. The summed E-state index contributed by atoms with van der Waals surface area (Å²) in [6.07, 6.45) is 9.04. The van der Waals surface area contributed by atoms with Gasteiger partial charge in [-0.25, -0.2) is 28.4 Å².